The Labute approximate surface area is 136 Å². The molecule has 0 fully saturated rings. The van der Waals surface area contributed by atoms with Gasteiger partial charge in [-0.1, -0.05) is 23.7 Å². The topological polar surface area (TPSA) is 38.3 Å². The van der Waals surface area contributed by atoms with E-state index < -0.39 is 6.10 Å². The Kier molecular flexibility index (Phi) is 5.09. The summed E-state index contributed by atoms with van der Waals surface area (Å²) in [7, 11) is 0. The van der Waals surface area contributed by atoms with Crippen molar-refractivity contribution >= 4 is 23.2 Å². The van der Waals surface area contributed by atoms with Gasteiger partial charge in [0, 0.05) is 10.7 Å². The first kappa shape index (κ1) is 16.4. The lowest BCUT2D eigenvalue weighted by molar-refractivity contribution is -0.122. The van der Waals surface area contributed by atoms with E-state index in [1.54, 1.807) is 19.1 Å². The molecule has 0 aliphatic carbocycles. The van der Waals surface area contributed by atoms with Crippen molar-refractivity contribution in [3.8, 4) is 5.75 Å². The number of aryl methyl sites for hydroxylation is 3. The lowest BCUT2D eigenvalue weighted by Gasteiger charge is -2.16. The molecule has 2 aromatic rings. The van der Waals surface area contributed by atoms with Gasteiger partial charge in [-0.3, -0.25) is 4.79 Å². The number of carbonyl (C=O) groups excluding carboxylic acids is 1. The van der Waals surface area contributed by atoms with Crippen molar-refractivity contribution in [2.24, 2.45) is 0 Å². The zero-order valence-corrected chi connectivity index (χ0v) is 14.0. The van der Waals surface area contributed by atoms with E-state index in [0.29, 0.717) is 16.5 Å². The summed E-state index contributed by atoms with van der Waals surface area (Å²) in [6, 6.07) is 11.3. The summed E-state index contributed by atoms with van der Waals surface area (Å²) in [6.07, 6.45) is -0.598. The predicted molar refractivity (Wildman–Crippen MR) is 90.8 cm³/mol. The second-order valence-electron chi connectivity index (χ2n) is 5.53. The summed E-state index contributed by atoms with van der Waals surface area (Å²) in [5, 5.41) is 3.44. The molecule has 0 radical (unpaired) electrons. The Hall–Kier alpha value is -2.00. The van der Waals surface area contributed by atoms with Crippen molar-refractivity contribution in [1.29, 1.82) is 0 Å². The number of nitrogens with one attached hydrogen (secondary N) is 1. The van der Waals surface area contributed by atoms with Crippen molar-refractivity contribution in [3.05, 3.63) is 58.1 Å². The van der Waals surface area contributed by atoms with Crippen LogP contribution in [0, 0.1) is 20.8 Å². The Balaban J connectivity index is 2.07. The van der Waals surface area contributed by atoms with E-state index in [-0.39, 0.29) is 5.91 Å². The van der Waals surface area contributed by atoms with E-state index in [0.717, 1.165) is 16.7 Å². The van der Waals surface area contributed by atoms with Crippen LogP contribution in [-0.4, -0.2) is 12.0 Å². The van der Waals surface area contributed by atoms with Gasteiger partial charge >= 0.3 is 0 Å². The predicted octanol–water partition coefficient (Wildman–Crippen LogP) is 4.67. The van der Waals surface area contributed by atoms with Gasteiger partial charge < -0.3 is 10.1 Å². The summed E-state index contributed by atoms with van der Waals surface area (Å²) >= 11 is 5.96. The number of ether oxygens (including phenoxy) is 1. The quantitative estimate of drug-likeness (QED) is 0.889. The highest BCUT2D eigenvalue weighted by Crippen LogP contribution is 2.21. The highest BCUT2D eigenvalue weighted by Gasteiger charge is 2.16. The van der Waals surface area contributed by atoms with Gasteiger partial charge in [-0.25, -0.2) is 0 Å². The van der Waals surface area contributed by atoms with Crippen molar-refractivity contribution in [3.63, 3.8) is 0 Å². The van der Waals surface area contributed by atoms with Gasteiger partial charge in [-0.15, -0.1) is 0 Å². The van der Waals surface area contributed by atoms with Crippen LogP contribution in [0.2, 0.25) is 5.02 Å². The second kappa shape index (κ2) is 6.84. The smallest absolute Gasteiger partial charge is 0.265 e. The molecule has 2 rings (SSSR count). The largest absolute Gasteiger partial charge is 0.481 e. The molecule has 0 saturated heterocycles. The van der Waals surface area contributed by atoms with E-state index in [2.05, 4.69) is 11.4 Å². The van der Waals surface area contributed by atoms with Gasteiger partial charge in [0.15, 0.2) is 6.10 Å². The molecule has 4 heteroatoms. The summed E-state index contributed by atoms with van der Waals surface area (Å²) < 4.78 is 5.74. The van der Waals surface area contributed by atoms with Crippen LogP contribution < -0.4 is 10.1 Å². The Morgan fingerprint density at radius 1 is 1.09 bits per heavy atom. The highest BCUT2D eigenvalue weighted by molar-refractivity contribution is 6.31. The standard InChI is InChI=1S/C18H20ClNO2/c1-11-7-12(2)9-16(8-11)22-14(4)18(21)20-17-10-15(19)6-5-13(17)3/h5-10,14H,1-4H3,(H,20,21). The molecule has 1 unspecified atom stereocenters. The average molecular weight is 318 g/mol. The van der Waals surface area contributed by atoms with Crippen molar-refractivity contribution < 1.29 is 9.53 Å². The molecule has 0 aliphatic heterocycles. The number of anilines is 1. The maximum absolute atomic E-state index is 12.3. The Bertz CT molecular complexity index is 677. The van der Waals surface area contributed by atoms with Crippen LogP contribution >= 0.6 is 11.6 Å². The normalized spacial score (nSPS) is 11.9. The van der Waals surface area contributed by atoms with Gasteiger partial charge in [-0.05, 0) is 68.7 Å². The average Bonchev–Trinajstić information content (AvgIpc) is 2.41. The second-order valence-corrected chi connectivity index (χ2v) is 5.97. The van der Waals surface area contributed by atoms with Crippen molar-refractivity contribution in [2.45, 2.75) is 33.8 Å². The van der Waals surface area contributed by atoms with Crippen LogP contribution in [0.1, 0.15) is 23.6 Å². The zero-order chi connectivity index (χ0) is 16.3. The first-order valence-electron chi connectivity index (χ1n) is 7.17. The molecular weight excluding hydrogens is 298 g/mol. The molecule has 0 saturated carbocycles. The fourth-order valence-corrected chi connectivity index (χ4v) is 2.39. The molecule has 0 spiro atoms. The first-order valence-corrected chi connectivity index (χ1v) is 7.55. The minimum Gasteiger partial charge on any atom is -0.481 e. The fraction of sp³-hybridized carbons (Fsp3) is 0.278. The molecule has 2 aromatic carbocycles. The van der Waals surface area contributed by atoms with Crippen LogP contribution in [-0.2, 0) is 4.79 Å². The van der Waals surface area contributed by atoms with Crippen LogP contribution in [0.3, 0.4) is 0 Å². The van der Waals surface area contributed by atoms with Crippen molar-refractivity contribution in [2.75, 3.05) is 5.32 Å². The van der Waals surface area contributed by atoms with E-state index in [4.69, 9.17) is 16.3 Å². The molecule has 1 atom stereocenters. The Morgan fingerprint density at radius 3 is 2.36 bits per heavy atom. The van der Waals surface area contributed by atoms with Crippen LogP contribution in [0.15, 0.2) is 36.4 Å². The van der Waals surface area contributed by atoms with E-state index >= 15 is 0 Å². The van der Waals surface area contributed by atoms with Gasteiger partial charge in [0.1, 0.15) is 5.75 Å². The summed E-state index contributed by atoms with van der Waals surface area (Å²) in [4.78, 5) is 12.3. The molecule has 1 N–H and O–H groups in total. The van der Waals surface area contributed by atoms with Crippen LogP contribution in [0.4, 0.5) is 5.69 Å². The number of hydrogen-bond donors (Lipinski definition) is 1. The van der Waals surface area contributed by atoms with Crippen LogP contribution in [0.5, 0.6) is 5.75 Å². The lowest BCUT2D eigenvalue weighted by Crippen LogP contribution is -2.30. The minimum atomic E-state index is -0.598. The first-order chi connectivity index (χ1) is 10.3. The third-order valence-electron chi connectivity index (χ3n) is 3.33. The highest BCUT2D eigenvalue weighted by atomic mass is 35.5. The Morgan fingerprint density at radius 2 is 1.73 bits per heavy atom. The summed E-state index contributed by atoms with van der Waals surface area (Å²) in [5.74, 6) is 0.493. The molecule has 22 heavy (non-hydrogen) atoms. The SMILES string of the molecule is Cc1cc(C)cc(OC(C)C(=O)Nc2cc(Cl)ccc2C)c1. The summed E-state index contributed by atoms with van der Waals surface area (Å²) in [5.41, 5.74) is 3.87. The summed E-state index contributed by atoms with van der Waals surface area (Å²) in [6.45, 7) is 7.65. The number of amides is 1. The molecule has 0 bridgehead atoms. The molecule has 1 amide bonds. The van der Waals surface area contributed by atoms with Crippen molar-refractivity contribution in [1.82, 2.24) is 0 Å². The van der Waals surface area contributed by atoms with E-state index in [1.165, 1.54) is 0 Å². The van der Waals surface area contributed by atoms with E-state index in [9.17, 15) is 4.79 Å². The number of halogens is 1. The van der Waals surface area contributed by atoms with Gasteiger partial charge in [0.25, 0.3) is 5.91 Å². The molecule has 0 heterocycles. The molecule has 116 valence electrons. The third kappa shape index (κ3) is 4.25. The maximum Gasteiger partial charge on any atom is 0.265 e. The molecular formula is C18H20ClNO2. The maximum atomic E-state index is 12.3. The minimum absolute atomic E-state index is 0.204. The fourth-order valence-electron chi connectivity index (χ4n) is 2.22. The monoisotopic (exact) mass is 317 g/mol. The van der Waals surface area contributed by atoms with E-state index in [1.807, 2.05) is 39.0 Å². The van der Waals surface area contributed by atoms with Gasteiger partial charge in [-0.2, -0.15) is 0 Å². The number of hydrogen-bond acceptors (Lipinski definition) is 2. The molecule has 3 nitrogen and oxygen atoms in total. The third-order valence-corrected chi connectivity index (χ3v) is 3.57. The van der Waals surface area contributed by atoms with Crippen LogP contribution in [0.25, 0.3) is 0 Å². The molecule has 0 aromatic heterocycles. The number of rotatable bonds is 4. The number of carbonyl (C=O) groups is 1. The van der Waals surface area contributed by atoms with Gasteiger partial charge in [0.05, 0.1) is 0 Å². The number of benzene rings is 2. The lowest BCUT2D eigenvalue weighted by atomic mass is 10.1. The molecule has 0 aliphatic rings. The zero-order valence-electron chi connectivity index (χ0n) is 13.2. The van der Waals surface area contributed by atoms with Gasteiger partial charge in [0.2, 0.25) is 0 Å².